The van der Waals surface area contributed by atoms with Crippen molar-refractivity contribution in [3.8, 4) is 0 Å². The Bertz CT molecular complexity index is 676. The van der Waals surface area contributed by atoms with Gasteiger partial charge in [-0.3, -0.25) is 4.90 Å². The highest BCUT2D eigenvalue weighted by molar-refractivity contribution is 7.99. The molecule has 0 saturated carbocycles. The molecule has 3 rings (SSSR count). The molecule has 0 amide bonds. The molecule has 5 nitrogen and oxygen atoms in total. The maximum atomic E-state index is 14.1. The molecule has 2 heterocycles. The van der Waals surface area contributed by atoms with Crippen molar-refractivity contribution in [3.05, 3.63) is 29.8 Å². The van der Waals surface area contributed by atoms with E-state index in [2.05, 4.69) is 4.90 Å². The lowest BCUT2D eigenvalue weighted by Gasteiger charge is -2.35. The lowest BCUT2D eigenvalue weighted by atomic mass is 10.2. The molecule has 0 aromatic heterocycles. The van der Waals surface area contributed by atoms with Crippen LogP contribution in [0, 0.1) is 11.6 Å². The molecule has 1 aromatic carbocycles. The minimum atomic E-state index is -4.23. The van der Waals surface area contributed by atoms with Crippen molar-refractivity contribution >= 4 is 21.8 Å². The number of halogens is 2. The van der Waals surface area contributed by atoms with Crippen molar-refractivity contribution in [2.24, 2.45) is 0 Å². The summed E-state index contributed by atoms with van der Waals surface area (Å²) in [7, 11) is -4.23. The average molecular weight is 392 g/mol. The van der Waals surface area contributed by atoms with Gasteiger partial charge in [-0.15, -0.1) is 0 Å². The van der Waals surface area contributed by atoms with Gasteiger partial charge >= 0.3 is 0 Å². The molecule has 0 aliphatic carbocycles. The number of thioether (sulfide) groups is 1. The Balaban J connectivity index is 1.89. The molecule has 1 atom stereocenters. The van der Waals surface area contributed by atoms with Crippen molar-refractivity contribution in [2.75, 3.05) is 50.9 Å². The number of rotatable bonds is 4. The van der Waals surface area contributed by atoms with Crippen LogP contribution in [0.4, 0.5) is 8.78 Å². The number of nitrogens with zero attached hydrogens (tertiary/aromatic N) is 2. The molecular weight excluding hydrogens is 370 g/mol. The molecule has 1 aromatic rings. The maximum absolute atomic E-state index is 14.1. The van der Waals surface area contributed by atoms with Crippen LogP contribution in [0.25, 0.3) is 0 Å². The minimum absolute atomic E-state index is 0.276. The molecule has 1 unspecified atom stereocenters. The Kier molecular flexibility index (Phi) is 6.32. The first-order valence-corrected chi connectivity index (χ1v) is 10.9. The topological polar surface area (TPSA) is 49.9 Å². The lowest BCUT2D eigenvalue weighted by Crippen LogP contribution is -2.50. The quantitative estimate of drug-likeness (QED) is 0.782. The molecule has 2 aliphatic heterocycles. The van der Waals surface area contributed by atoms with Crippen LogP contribution >= 0.6 is 11.8 Å². The first-order chi connectivity index (χ1) is 12.0. The van der Waals surface area contributed by atoms with E-state index in [1.165, 1.54) is 10.4 Å². The van der Waals surface area contributed by atoms with Gasteiger partial charge in [0.05, 0.1) is 13.2 Å². The van der Waals surface area contributed by atoms with E-state index in [1.54, 1.807) is 11.8 Å². The van der Waals surface area contributed by atoms with Crippen molar-refractivity contribution in [1.29, 1.82) is 0 Å². The molecule has 0 radical (unpaired) electrons. The summed E-state index contributed by atoms with van der Waals surface area (Å²) in [5.74, 6) is -0.623. The SMILES string of the molecule is O=S(=O)(c1c(F)cccc1F)N1CCCSCC1CN1CCOCC1. The van der Waals surface area contributed by atoms with E-state index in [-0.39, 0.29) is 12.6 Å². The van der Waals surface area contributed by atoms with Gasteiger partial charge in [-0.05, 0) is 24.3 Å². The van der Waals surface area contributed by atoms with Gasteiger partial charge in [0.1, 0.15) is 11.6 Å². The highest BCUT2D eigenvalue weighted by Crippen LogP contribution is 2.28. The van der Waals surface area contributed by atoms with Crippen LogP contribution in [0.3, 0.4) is 0 Å². The third kappa shape index (κ3) is 4.33. The number of hydrogen-bond acceptors (Lipinski definition) is 5. The predicted octanol–water partition coefficient (Wildman–Crippen LogP) is 1.79. The molecular formula is C16H22F2N2O3S2. The fourth-order valence-electron chi connectivity index (χ4n) is 3.20. The van der Waals surface area contributed by atoms with Crippen LogP contribution in [0.1, 0.15) is 6.42 Å². The van der Waals surface area contributed by atoms with E-state index in [0.717, 1.165) is 31.0 Å². The summed E-state index contributed by atoms with van der Waals surface area (Å²) in [6.45, 7) is 3.54. The Morgan fingerprint density at radius 1 is 1.16 bits per heavy atom. The van der Waals surface area contributed by atoms with Gasteiger partial charge in [0, 0.05) is 38.0 Å². The van der Waals surface area contributed by atoms with Crippen molar-refractivity contribution in [1.82, 2.24) is 9.21 Å². The first-order valence-electron chi connectivity index (χ1n) is 8.34. The number of morpholine rings is 1. The molecule has 2 aliphatic rings. The Labute approximate surface area is 151 Å². The number of ether oxygens (including phenoxy) is 1. The molecule has 140 valence electrons. The summed E-state index contributed by atoms with van der Waals surface area (Å²) in [5.41, 5.74) is 0. The fourth-order valence-corrected chi connectivity index (χ4v) is 6.11. The predicted molar refractivity (Wildman–Crippen MR) is 93.2 cm³/mol. The number of sulfonamides is 1. The van der Waals surface area contributed by atoms with Gasteiger partial charge in [0.25, 0.3) is 0 Å². The van der Waals surface area contributed by atoms with Gasteiger partial charge in [0.2, 0.25) is 10.0 Å². The van der Waals surface area contributed by atoms with Crippen LogP contribution < -0.4 is 0 Å². The smallest absolute Gasteiger partial charge is 0.249 e. The third-order valence-electron chi connectivity index (χ3n) is 4.44. The summed E-state index contributed by atoms with van der Waals surface area (Å²) in [6, 6.07) is 2.83. The molecule has 25 heavy (non-hydrogen) atoms. The van der Waals surface area contributed by atoms with Crippen LogP contribution in [0.2, 0.25) is 0 Å². The minimum Gasteiger partial charge on any atom is -0.379 e. The monoisotopic (exact) mass is 392 g/mol. The van der Waals surface area contributed by atoms with Crippen molar-refractivity contribution < 1.29 is 21.9 Å². The summed E-state index contributed by atoms with van der Waals surface area (Å²) in [6.07, 6.45) is 0.666. The van der Waals surface area contributed by atoms with Crippen LogP contribution in [0.5, 0.6) is 0 Å². The lowest BCUT2D eigenvalue weighted by molar-refractivity contribution is 0.0309. The van der Waals surface area contributed by atoms with E-state index >= 15 is 0 Å². The van der Waals surface area contributed by atoms with Crippen LogP contribution in [-0.4, -0.2) is 74.6 Å². The van der Waals surface area contributed by atoms with Gasteiger partial charge in [0.15, 0.2) is 4.90 Å². The van der Waals surface area contributed by atoms with E-state index in [1.807, 2.05) is 0 Å². The van der Waals surface area contributed by atoms with Crippen molar-refractivity contribution in [2.45, 2.75) is 17.4 Å². The Morgan fingerprint density at radius 3 is 2.52 bits per heavy atom. The summed E-state index contributed by atoms with van der Waals surface area (Å²) in [4.78, 5) is 1.31. The van der Waals surface area contributed by atoms with Gasteiger partial charge in [-0.1, -0.05) is 6.07 Å². The van der Waals surface area contributed by atoms with Gasteiger partial charge in [-0.25, -0.2) is 17.2 Å². The van der Waals surface area contributed by atoms with Gasteiger partial charge in [-0.2, -0.15) is 16.1 Å². The van der Waals surface area contributed by atoms with Gasteiger partial charge < -0.3 is 4.74 Å². The second-order valence-electron chi connectivity index (χ2n) is 6.16. The van der Waals surface area contributed by atoms with E-state index in [9.17, 15) is 17.2 Å². The number of benzene rings is 1. The molecule has 2 saturated heterocycles. The zero-order chi connectivity index (χ0) is 17.9. The molecule has 2 fully saturated rings. The molecule has 0 N–H and O–H groups in total. The molecule has 0 bridgehead atoms. The largest absolute Gasteiger partial charge is 0.379 e. The second kappa shape index (κ2) is 8.30. The zero-order valence-electron chi connectivity index (χ0n) is 13.9. The second-order valence-corrected chi connectivity index (χ2v) is 9.14. The average Bonchev–Trinajstić information content (AvgIpc) is 2.81. The van der Waals surface area contributed by atoms with Crippen molar-refractivity contribution in [3.63, 3.8) is 0 Å². The zero-order valence-corrected chi connectivity index (χ0v) is 15.5. The van der Waals surface area contributed by atoms with E-state index in [0.29, 0.717) is 31.9 Å². The Morgan fingerprint density at radius 2 is 1.84 bits per heavy atom. The summed E-state index contributed by atoms with van der Waals surface area (Å²) >= 11 is 1.68. The van der Waals surface area contributed by atoms with Crippen LogP contribution in [-0.2, 0) is 14.8 Å². The summed E-state index contributed by atoms with van der Waals surface area (Å²) in [5, 5.41) is 0. The normalized spacial score (nSPS) is 24.2. The highest BCUT2D eigenvalue weighted by atomic mass is 32.2. The molecule has 0 spiro atoms. The third-order valence-corrected chi connectivity index (χ3v) is 7.64. The van der Waals surface area contributed by atoms with E-state index in [4.69, 9.17) is 4.74 Å². The molecule has 9 heteroatoms. The highest BCUT2D eigenvalue weighted by Gasteiger charge is 2.37. The maximum Gasteiger partial charge on any atom is 0.249 e. The number of hydrogen-bond donors (Lipinski definition) is 0. The Hall–Kier alpha value is -0.740. The summed E-state index contributed by atoms with van der Waals surface area (Å²) < 4.78 is 60.9. The fraction of sp³-hybridized carbons (Fsp3) is 0.625. The van der Waals surface area contributed by atoms with E-state index < -0.39 is 26.6 Å². The first kappa shape index (κ1) is 19.0. The standard InChI is InChI=1S/C16H22F2N2O3S2/c17-14-3-1-4-15(18)16(14)25(21,22)20-5-2-10-24-12-13(20)11-19-6-8-23-9-7-19/h1,3-4,13H,2,5-12H2. The van der Waals surface area contributed by atoms with Crippen LogP contribution in [0.15, 0.2) is 23.1 Å².